The summed E-state index contributed by atoms with van der Waals surface area (Å²) in [5, 5.41) is 4.29. The van der Waals surface area contributed by atoms with E-state index < -0.39 is 0 Å². The second kappa shape index (κ2) is 7.56. The van der Waals surface area contributed by atoms with Crippen molar-refractivity contribution in [1.82, 2.24) is 20.0 Å². The highest BCUT2D eigenvalue weighted by Crippen LogP contribution is 2.36. The number of pyridine rings is 1. The molecule has 0 aromatic carbocycles. The van der Waals surface area contributed by atoms with Crippen molar-refractivity contribution < 1.29 is 9.26 Å². The molecule has 0 spiro atoms. The molecular weight excluding hydrogens is 342 g/mol. The normalized spacial score (nSPS) is 24.7. The zero-order valence-electron chi connectivity index (χ0n) is 15.7. The van der Waals surface area contributed by atoms with E-state index in [2.05, 4.69) is 26.0 Å². The predicted molar refractivity (Wildman–Crippen MR) is 101 cm³/mol. The predicted octanol–water partition coefficient (Wildman–Crippen LogP) is 3.05. The first-order chi connectivity index (χ1) is 13.4. The van der Waals surface area contributed by atoms with Crippen LogP contribution in [0.15, 0.2) is 22.9 Å². The maximum Gasteiger partial charge on any atom is 0.244 e. The lowest BCUT2D eigenvalue weighted by Gasteiger charge is -2.33. The third kappa shape index (κ3) is 3.46. The minimum absolute atomic E-state index is 0.245. The number of likely N-dealkylation sites (tertiary alicyclic amines) is 1. The minimum atomic E-state index is 0.245. The van der Waals surface area contributed by atoms with Gasteiger partial charge in [-0.05, 0) is 57.2 Å². The Morgan fingerprint density at radius 1 is 1.00 bits per heavy atom. The van der Waals surface area contributed by atoms with Crippen molar-refractivity contribution in [3.63, 3.8) is 0 Å². The molecule has 27 heavy (non-hydrogen) atoms. The molecule has 7 nitrogen and oxygen atoms in total. The second-order valence-electron chi connectivity index (χ2n) is 7.79. The van der Waals surface area contributed by atoms with Crippen molar-refractivity contribution in [2.75, 3.05) is 37.7 Å². The summed E-state index contributed by atoms with van der Waals surface area (Å²) in [5.74, 6) is 2.45. The van der Waals surface area contributed by atoms with Crippen LogP contribution in [0.2, 0.25) is 0 Å². The molecule has 0 aliphatic carbocycles. The number of aromatic nitrogens is 3. The van der Waals surface area contributed by atoms with Crippen LogP contribution in [0.4, 0.5) is 5.82 Å². The van der Waals surface area contributed by atoms with Crippen molar-refractivity contribution in [3.05, 3.63) is 24.2 Å². The summed E-state index contributed by atoms with van der Waals surface area (Å²) in [7, 11) is 0. The van der Waals surface area contributed by atoms with Crippen molar-refractivity contribution in [2.45, 2.75) is 50.6 Å². The first-order valence-electron chi connectivity index (χ1n) is 10.3. The lowest BCUT2D eigenvalue weighted by molar-refractivity contribution is 0.0243. The molecule has 5 rings (SSSR count). The molecule has 0 saturated carbocycles. The number of ether oxygens (including phenoxy) is 1. The van der Waals surface area contributed by atoms with E-state index in [1.165, 1.54) is 19.3 Å². The van der Waals surface area contributed by atoms with Crippen LogP contribution in [0.1, 0.15) is 50.5 Å². The summed E-state index contributed by atoms with van der Waals surface area (Å²) in [4.78, 5) is 14.2. The van der Waals surface area contributed by atoms with Crippen LogP contribution in [0.3, 0.4) is 0 Å². The molecule has 3 fully saturated rings. The van der Waals surface area contributed by atoms with Crippen LogP contribution in [-0.2, 0) is 4.74 Å². The number of anilines is 1. The van der Waals surface area contributed by atoms with Crippen LogP contribution in [-0.4, -0.2) is 58.9 Å². The quantitative estimate of drug-likeness (QED) is 0.820. The van der Waals surface area contributed by atoms with Gasteiger partial charge in [-0.3, -0.25) is 4.90 Å². The molecule has 7 heteroatoms. The molecule has 1 unspecified atom stereocenters. The number of hydrogen-bond donors (Lipinski definition) is 0. The summed E-state index contributed by atoms with van der Waals surface area (Å²) >= 11 is 0. The molecule has 3 saturated heterocycles. The Bertz CT molecular complexity index is 767. The average Bonchev–Trinajstić information content (AvgIpc) is 3.50. The Morgan fingerprint density at radius 3 is 2.70 bits per heavy atom. The standard InChI is InChI=1S/C20H27N5O2/c1-2-10-24(9-1)18-14-15(5-8-21-18)19-22-20(27-23-19)17-4-3-11-25(17)16-6-12-26-13-7-16/h5,8,14,16-17H,1-4,6-7,9-13H2. The van der Waals surface area contributed by atoms with E-state index in [-0.39, 0.29) is 6.04 Å². The van der Waals surface area contributed by atoms with Gasteiger partial charge in [0.1, 0.15) is 5.82 Å². The number of nitrogens with zero attached hydrogens (tertiary/aromatic N) is 5. The molecule has 0 radical (unpaired) electrons. The lowest BCUT2D eigenvalue weighted by Crippen LogP contribution is -2.39. The molecular formula is C20H27N5O2. The Hall–Kier alpha value is -1.99. The van der Waals surface area contributed by atoms with Gasteiger partial charge in [0.2, 0.25) is 11.7 Å². The molecule has 144 valence electrons. The van der Waals surface area contributed by atoms with E-state index in [0.29, 0.717) is 11.9 Å². The maximum atomic E-state index is 5.72. The zero-order chi connectivity index (χ0) is 18.1. The van der Waals surface area contributed by atoms with Crippen LogP contribution < -0.4 is 4.90 Å². The number of rotatable bonds is 4. The van der Waals surface area contributed by atoms with Gasteiger partial charge in [-0.15, -0.1) is 0 Å². The largest absolute Gasteiger partial charge is 0.381 e. The zero-order valence-corrected chi connectivity index (χ0v) is 15.7. The Labute approximate surface area is 159 Å². The van der Waals surface area contributed by atoms with Crippen LogP contribution in [0, 0.1) is 0 Å². The highest BCUT2D eigenvalue weighted by Gasteiger charge is 2.36. The molecule has 3 aliphatic heterocycles. The lowest BCUT2D eigenvalue weighted by atomic mass is 10.1. The Morgan fingerprint density at radius 2 is 1.85 bits per heavy atom. The molecule has 2 aromatic heterocycles. The van der Waals surface area contributed by atoms with E-state index in [9.17, 15) is 0 Å². The van der Waals surface area contributed by atoms with Crippen LogP contribution in [0.5, 0.6) is 0 Å². The van der Waals surface area contributed by atoms with Gasteiger partial charge >= 0.3 is 0 Å². The average molecular weight is 369 g/mol. The van der Waals surface area contributed by atoms with Gasteiger partial charge in [-0.25, -0.2) is 4.98 Å². The van der Waals surface area contributed by atoms with Crippen molar-refractivity contribution in [2.24, 2.45) is 0 Å². The van der Waals surface area contributed by atoms with E-state index in [1.54, 1.807) is 0 Å². The SMILES string of the molecule is c1cc(-c2noc(C3CCCN3C3CCOCC3)n2)cc(N2CCCC2)n1. The van der Waals surface area contributed by atoms with Gasteiger partial charge in [0.15, 0.2) is 0 Å². The summed E-state index contributed by atoms with van der Waals surface area (Å²) in [6.07, 6.45) is 8.80. The fourth-order valence-electron chi connectivity index (χ4n) is 4.67. The summed E-state index contributed by atoms with van der Waals surface area (Å²) < 4.78 is 11.2. The van der Waals surface area contributed by atoms with Crippen molar-refractivity contribution in [1.29, 1.82) is 0 Å². The van der Waals surface area contributed by atoms with Gasteiger partial charge in [0, 0.05) is 44.1 Å². The third-order valence-electron chi connectivity index (χ3n) is 6.11. The number of hydrogen-bond acceptors (Lipinski definition) is 7. The Kier molecular flexibility index (Phi) is 4.80. The summed E-state index contributed by atoms with van der Waals surface area (Å²) in [6.45, 7) is 4.99. The minimum Gasteiger partial charge on any atom is -0.381 e. The van der Waals surface area contributed by atoms with E-state index >= 15 is 0 Å². The molecule has 1 atom stereocenters. The smallest absolute Gasteiger partial charge is 0.244 e. The highest BCUT2D eigenvalue weighted by molar-refractivity contribution is 5.59. The fourth-order valence-corrected chi connectivity index (χ4v) is 4.67. The van der Waals surface area contributed by atoms with Crippen molar-refractivity contribution in [3.8, 4) is 11.4 Å². The van der Waals surface area contributed by atoms with Crippen LogP contribution in [0.25, 0.3) is 11.4 Å². The topological polar surface area (TPSA) is 67.5 Å². The Balaban J connectivity index is 1.35. The maximum absolute atomic E-state index is 5.72. The monoisotopic (exact) mass is 369 g/mol. The van der Waals surface area contributed by atoms with Crippen molar-refractivity contribution >= 4 is 5.82 Å². The van der Waals surface area contributed by atoms with E-state index in [1.807, 2.05) is 12.3 Å². The fraction of sp³-hybridized carbons (Fsp3) is 0.650. The molecule has 2 aromatic rings. The third-order valence-corrected chi connectivity index (χ3v) is 6.11. The second-order valence-corrected chi connectivity index (χ2v) is 7.79. The first kappa shape index (κ1) is 17.1. The molecule has 0 bridgehead atoms. The molecule has 5 heterocycles. The summed E-state index contributed by atoms with van der Waals surface area (Å²) in [5.41, 5.74) is 0.984. The van der Waals surface area contributed by atoms with Gasteiger partial charge in [-0.1, -0.05) is 5.16 Å². The van der Waals surface area contributed by atoms with Gasteiger partial charge in [0.05, 0.1) is 6.04 Å². The summed E-state index contributed by atoms with van der Waals surface area (Å²) in [6, 6.07) is 4.88. The van der Waals surface area contributed by atoms with Crippen LogP contribution >= 0.6 is 0 Å². The molecule has 0 N–H and O–H groups in total. The van der Waals surface area contributed by atoms with Gasteiger partial charge in [-0.2, -0.15) is 4.98 Å². The highest BCUT2D eigenvalue weighted by atomic mass is 16.5. The van der Waals surface area contributed by atoms with E-state index in [0.717, 1.165) is 69.4 Å². The van der Waals surface area contributed by atoms with Gasteiger partial charge in [0.25, 0.3) is 0 Å². The first-order valence-corrected chi connectivity index (χ1v) is 10.3. The molecule has 3 aliphatic rings. The van der Waals surface area contributed by atoms with Gasteiger partial charge < -0.3 is 14.2 Å². The van der Waals surface area contributed by atoms with E-state index in [4.69, 9.17) is 14.2 Å². The molecule has 0 amide bonds.